The molecule has 9 heteroatoms. The predicted molar refractivity (Wildman–Crippen MR) is 41.5 cm³/mol. The van der Waals surface area contributed by atoms with Crippen LogP contribution >= 0.6 is 12.1 Å². The molecule has 0 aliphatic carbocycles. The topological polar surface area (TPSA) is 201 Å². The van der Waals surface area contributed by atoms with E-state index in [0.717, 1.165) is 0 Å². The van der Waals surface area contributed by atoms with Gasteiger partial charge in [0.1, 0.15) is 0 Å². The standard InChI is InChI=1S/4H3N.H4O3SSi/c;;;;1-5(2,3)4/h4*1H3;1-4H. The van der Waals surface area contributed by atoms with Crippen molar-refractivity contribution >= 4 is 20.0 Å². The van der Waals surface area contributed by atoms with Gasteiger partial charge >= 0.3 is 7.95 Å². The van der Waals surface area contributed by atoms with E-state index >= 15 is 0 Å². The molecule has 0 unspecified atom stereocenters. The molecule has 0 bridgehead atoms. The highest BCUT2D eigenvalue weighted by molar-refractivity contribution is 8.11. The molecule has 0 aromatic heterocycles. The van der Waals surface area contributed by atoms with Gasteiger partial charge in [0.15, 0.2) is 0 Å². The van der Waals surface area contributed by atoms with Crippen LogP contribution in [0.1, 0.15) is 0 Å². The summed E-state index contributed by atoms with van der Waals surface area (Å²) in [5.74, 6) is 0. The van der Waals surface area contributed by atoms with E-state index in [2.05, 4.69) is 12.1 Å². The maximum absolute atomic E-state index is 7.64. The van der Waals surface area contributed by atoms with Crippen molar-refractivity contribution in [3.63, 3.8) is 0 Å². The minimum Gasteiger partial charge on any atom is -0.382 e. The van der Waals surface area contributed by atoms with Crippen LogP contribution in [0.3, 0.4) is 0 Å². The Morgan fingerprint density at radius 1 is 0.778 bits per heavy atom. The molecule has 0 aromatic rings. The van der Waals surface area contributed by atoms with Gasteiger partial charge in [-0.05, 0) is 0 Å². The van der Waals surface area contributed by atoms with Crippen LogP contribution in [0.4, 0.5) is 0 Å². The molecule has 0 aliphatic rings. The van der Waals surface area contributed by atoms with E-state index in [1.165, 1.54) is 0 Å². The first kappa shape index (κ1) is 34.7. The Balaban J connectivity index is -0.0000000133. The third-order valence-corrected chi connectivity index (χ3v) is 0. The molecular weight excluding hydrogens is 164 g/mol. The number of rotatable bonds is 0. The second kappa shape index (κ2) is 11.1. The quantitative estimate of drug-likeness (QED) is 0.172. The van der Waals surface area contributed by atoms with Crippen LogP contribution in [0.5, 0.6) is 0 Å². The van der Waals surface area contributed by atoms with Crippen molar-refractivity contribution in [3.8, 4) is 0 Å². The highest BCUT2D eigenvalue weighted by Gasteiger charge is 2.17. The van der Waals surface area contributed by atoms with Crippen molar-refractivity contribution in [2.75, 3.05) is 0 Å². The van der Waals surface area contributed by atoms with Gasteiger partial charge in [0.25, 0.3) is 0 Å². The van der Waals surface area contributed by atoms with Crippen molar-refractivity contribution in [2.24, 2.45) is 0 Å². The van der Waals surface area contributed by atoms with E-state index in [0.29, 0.717) is 0 Å². The summed E-state index contributed by atoms with van der Waals surface area (Å²) in [4.78, 5) is 22.9. The molecule has 0 atom stereocenters. The fourth-order valence-electron chi connectivity index (χ4n) is 0. The summed E-state index contributed by atoms with van der Waals surface area (Å²) in [6.45, 7) is 0. The summed E-state index contributed by atoms with van der Waals surface area (Å²) in [5.41, 5.74) is 0. The maximum atomic E-state index is 7.64. The van der Waals surface area contributed by atoms with E-state index in [4.69, 9.17) is 14.4 Å². The number of hydrogen-bond acceptors (Lipinski definition) is 8. The van der Waals surface area contributed by atoms with Crippen molar-refractivity contribution in [1.82, 2.24) is 24.6 Å². The Kier molecular flexibility index (Phi) is 42.9. The van der Waals surface area contributed by atoms with E-state index < -0.39 is 7.95 Å². The fourth-order valence-corrected chi connectivity index (χ4v) is 0. The second-order valence-electron chi connectivity index (χ2n) is 0.600. The highest BCUT2D eigenvalue weighted by atomic mass is 32.3. The number of hydrogen-bond donors (Lipinski definition) is 8. The van der Waals surface area contributed by atoms with Crippen LogP contribution in [-0.4, -0.2) is 22.3 Å². The molecule has 15 N–H and O–H groups in total. The normalized spacial score (nSPS) is 6.67. The third-order valence-electron chi connectivity index (χ3n) is 0. The Morgan fingerprint density at radius 3 is 0.778 bits per heavy atom. The zero-order valence-electron chi connectivity index (χ0n) is 5.12. The second-order valence-corrected chi connectivity index (χ2v) is 3.60. The SMILES string of the molecule is N.N.N.N.O[Si](O)(O)S. The Morgan fingerprint density at radius 2 is 0.778 bits per heavy atom. The minimum absolute atomic E-state index is 0. The Bertz CT molecular complexity index is 31.3. The summed E-state index contributed by atoms with van der Waals surface area (Å²) in [7, 11) is -3.92. The zero-order valence-corrected chi connectivity index (χ0v) is 7.01. The molecule has 7 nitrogen and oxygen atoms in total. The molecule has 0 aliphatic heterocycles. The first-order chi connectivity index (χ1) is 2.00. The van der Waals surface area contributed by atoms with Gasteiger partial charge in [0.2, 0.25) is 0 Å². The molecule has 0 rings (SSSR count). The molecule has 0 aromatic carbocycles. The summed E-state index contributed by atoms with van der Waals surface area (Å²) in [5, 5.41) is 0. The van der Waals surface area contributed by atoms with Gasteiger partial charge in [0.05, 0.1) is 0 Å². The maximum Gasteiger partial charge on any atom is 0.561 e. The van der Waals surface area contributed by atoms with E-state index in [1.54, 1.807) is 0 Å². The van der Waals surface area contributed by atoms with Crippen LogP contribution in [0.2, 0.25) is 0 Å². The van der Waals surface area contributed by atoms with E-state index in [-0.39, 0.29) is 24.6 Å². The van der Waals surface area contributed by atoms with E-state index in [9.17, 15) is 0 Å². The molecule has 0 radical (unpaired) electrons. The van der Waals surface area contributed by atoms with Crippen molar-refractivity contribution in [2.45, 2.75) is 0 Å². The van der Waals surface area contributed by atoms with Gasteiger partial charge in [0, 0.05) is 0 Å². The van der Waals surface area contributed by atoms with Crippen molar-refractivity contribution in [3.05, 3.63) is 0 Å². The summed E-state index contributed by atoms with van der Waals surface area (Å²) < 4.78 is 0. The molecule has 0 heterocycles. The molecule has 64 valence electrons. The molecule has 0 saturated carbocycles. The highest BCUT2D eigenvalue weighted by Crippen LogP contribution is 1.85. The smallest absolute Gasteiger partial charge is 0.382 e. The molecule has 0 saturated heterocycles. The van der Waals surface area contributed by atoms with Gasteiger partial charge < -0.3 is 39.0 Å². The van der Waals surface area contributed by atoms with Crippen LogP contribution in [-0.2, 0) is 0 Å². The van der Waals surface area contributed by atoms with Gasteiger partial charge in [-0.2, -0.15) is 0 Å². The largest absolute Gasteiger partial charge is 0.561 e. The van der Waals surface area contributed by atoms with Crippen LogP contribution in [0, 0.1) is 0 Å². The molecular formula is H16N4O3SSi. The van der Waals surface area contributed by atoms with Crippen molar-refractivity contribution < 1.29 is 14.4 Å². The minimum atomic E-state index is -3.92. The predicted octanol–water partition coefficient (Wildman–Crippen LogP) is -1.02. The van der Waals surface area contributed by atoms with Crippen LogP contribution in [0.15, 0.2) is 0 Å². The van der Waals surface area contributed by atoms with Gasteiger partial charge in [-0.3, -0.25) is 0 Å². The van der Waals surface area contributed by atoms with Gasteiger partial charge in [-0.1, -0.05) is 0 Å². The number of thiol groups is 1. The lowest BCUT2D eigenvalue weighted by Crippen LogP contribution is -2.25. The lowest BCUT2D eigenvalue weighted by molar-refractivity contribution is 0.265. The average Bonchev–Trinajstić information content (AvgIpc) is 0.722. The lowest BCUT2D eigenvalue weighted by Gasteiger charge is -1.93. The Hall–Kier alpha value is 0.287. The average molecular weight is 180 g/mol. The van der Waals surface area contributed by atoms with E-state index in [1.807, 2.05) is 0 Å². The molecule has 0 spiro atoms. The van der Waals surface area contributed by atoms with Gasteiger partial charge in [-0.15, -0.1) is 12.1 Å². The van der Waals surface area contributed by atoms with Crippen LogP contribution in [0.25, 0.3) is 0 Å². The monoisotopic (exact) mass is 180 g/mol. The fraction of sp³-hybridized carbons (Fsp3) is 0. The first-order valence-corrected chi connectivity index (χ1v) is 4.02. The lowest BCUT2D eigenvalue weighted by atomic mass is 14.0. The third kappa shape index (κ3) is 3980. The van der Waals surface area contributed by atoms with Crippen LogP contribution < -0.4 is 24.6 Å². The first-order valence-electron chi connectivity index (χ1n) is 0.894. The van der Waals surface area contributed by atoms with Gasteiger partial charge in [-0.25, -0.2) is 0 Å². The zero-order chi connectivity index (χ0) is 4.50. The molecule has 0 amide bonds. The summed E-state index contributed by atoms with van der Waals surface area (Å²) in [6, 6.07) is 0. The molecule has 9 heavy (non-hydrogen) atoms. The summed E-state index contributed by atoms with van der Waals surface area (Å²) in [6.07, 6.45) is 0. The Labute approximate surface area is 59.8 Å². The molecule has 0 fully saturated rings. The summed E-state index contributed by atoms with van der Waals surface area (Å²) >= 11 is 2.93. The van der Waals surface area contributed by atoms with Crippen molar-refractivity contribution in [1.29, 1.82) is 0 Å².